The molecular weight excluding hydrogens is 365 g/mol. The molecule has 0 spiro atoms. The van der Waals surface area contributed by atoms with E-state index in [1.807, 2.05) is 10.6 Å². The molecule has 0 atom stereocenters. The molecule has 5 nitrogen and oxygen atoms in total. The highest BCUT2D eigenvalue weighted by Crippen LogP contribution is 2.32. The topological polar surface area (TPSA) is 37.9 Å². The highest BCUT2D eigenvalue weighted by Gasteiger charge is 2.27. The number of aryl methyl sites for hydroxylation is 1. The number of nitrogens with zero attached hydrogens (tertiary/aromatic N) is 4. The molecule has 152 valence electrons. The van der Waals surface area contributed by atoms with Gasteiger partial charge in [-0.05, 0) is 56.4 Å². The average molecular weight is 395 g/mol. The maximum atomic E-state index is 13.4. The van der Waals surface area contributed by atoms with E-state index in [9.17, 15) is 4.39 Å². The summed E-state index contributed by atoms with van der Waals surface area (Å²) in [4.78, 5) is 9.21. The Balaban J connectivity index is 1.58. The van der Waals surface area contributed by atoms with Gasteiger partial charge in [-0.25, -0.2) is 9.37 Å². The van der Waals surface area contributed by atoms with Crippen LogP contribution in [0, 0.1) is 5.82 Å². The van der Waals surface area contributed by atoms with Crippen LogP contribution in [0.15, 0.2) is 30.3 Å². The summed E-state index contributed by atoms with van der Waals surface area (Å²) in [6, 6.07) is 8.63. The maximum absolute atomic E-state index is 13.4. The Morgan fingerprint density at radius 1 is 1.07 bits per heavy atom. The van der Waals surface area contributed by atoms with E-state index in [0.29, 0.717) is 0 Å². The molecule has 1 aromatic carbocycles. The normalized spacial score (nSPS) is 17.7. The molecule has 3 heterocycles. The molecule has 1 aliphatic carbocycles. The van der Waals surface area contributed by atoms with Gasteiger partial charge in [0, 0.05) is 22.9 Å². The van der Waals surface area contributed by atoms with Gasteiger partial charge in [0.05, 0.1) is 38.4 Å². The highest BCUT2D eigenvalue weighted by atomic mass is 19.1. The van der Waals surface area contributed by atoms with Crippen LogP contribution in [-0.4, -0.2) is 47.3 Å². The van der Waals surface area contributed by atoms with Crippen LogP contribution in [0.1, 0.15) is 37.4 Å². The summed E-state index contributed by atoms with van der Waals surface area (Å²) in [7, 11) is 0. The summed E-state index contributed by atoms with van der Waals surface area (Å²) >= 11 is 0. The predicted octanol–water partition coefficient (Wildman–Crippen LogP) is 2.53. The van der Waals surface area contributed by atoms with Crippen molar-refractivity contribution >= 4 is 11.5 Å². The molecule has 5 rings (SSSR count). The molecule has 1 aliphatic heterocycles. The summed E-state index contributed by atoms with van der Waals surface area (Å²) in [6.45, 7) is 8.01. The number of anilines is 1. The Hall–Kier alpha value is -2.47. The molecule has 0 bridgehead atoms. The number of hydrogen-bond donors (Lipinski definition) is 1. The number of hydrogen-bond acceptors (Lipinski definition) is 3. The molecule has 1 N–H and O–H groups in total. The quantitative estimate of drug-likeness (QED) is 0.739. The fourth-order valence-electron chi connectivity index (χ4n) is 4.85. The van der Waals surface area contributed by atoms with Crippen molar-refractivity contribution in [3.63, 3.8) is 0 Å². The smallest absolute Gasteiger partial charge is 0.158 e. The standard InChI is InChI=1S/C23H28FN5/c1-2-11-27-12-14-28(15-13-27)23-19-5-3-4-6-20(19)25-22-16-21(26-29(22)23)17-7-9-18(24)10-8-17/h7-10,16H,2-6,11-15H2,1H3/p+1. The number of rotatable bonds is 4. The van der Waals surface area contributed by atoms with Gasteiger partial charge in [0.25, 0.3) is 0 Å². The van der Waals surface area contributed by atoms with Crippen LogP contribution in [0.5, 0.6) is 0 Å². The van der Waals surface area contributed by atoms with E-state index in [-0.39, 0.29) is 5.82 Å². The molecule has 2 aromatic heterocycles. The summed E-state index contributed by atoms with van der Waals surface area (Å²) in [5.74, 6) is 1.02. The van der Waals surface area contributed by atoms with Crippen LogP contribution in [0.3, 0.4) is 0 Å². The first kappa shape index (κ1) is 18.6. The molecule has 0 saturated carbocycles. The summed E-state index contributed by atoms with van der Waals surface area (Å²) in [5, 5.41) is 4.93. The number of nitrogens with one attached hydrogen (secondary N) is 1. The Kier molecular flexibility index (Phi) is 4.96. The maximum Gasteiger partial charge on any atom is 0.158 e. The van der Waals surface area contributed by atoms with Crippen molar-refractivity contribution in [1.29, 1.82) is 0 Å². The van der Waals surface area contributed by atoms with Gasteiger partial charge in [0.1, 0.15) is 11.6 Å². The SMILES string of the molecule is CCC[NH+]1CCN(c2c3c(nc4cc(-c5ccc(F)cc5)nn24)CCCC3)CC1. The Morgan fingerprint density at radius 2 is 1.83 bits per heavy atom. The van der Waals surface area contributed by atoms with Crippen LogP contribution >= 0.6 is 0 Å². The third kappa shape index (κ3) is 3.50. The molecule has 0 unspecified atom stereocenters. The minimum atomic E-state index is -0.223. The van der Waals surface area contributed by atoms with Crippen LogP contribution < -0.4 is 9.80 Å². The van der Waals surface area contributed by atoms with Gasteiger partial charge in [-0.15, -0.1) is 0 Å². The molecule has 3 aromatic rings. The lowest BCUT2D eigenvalue weighted by Crippen LogP contribution is -3.14. The predicted molar refractivity (Wildman–Crippen MR) is 113 cm³/mol. The van der Waals surface area contributed by atoms with Gasteiger partial charge in [-0.2, -0.15) is 9.61 Å². The van der Waals surface area contributed by atoms with Gasteiger partial charge in [0.2, 0.25) is 0 Å². The van der Waals surface area contributed by atoms with Crippen molar-refractivity contribution in [3.05, 3.63) is 47.4 Å². The Bertz CT molecular complexity index is 1000. The average Bonchev–Trinajstić information content (AvgIpc) is 3.17. The second-order valence-electron chi connectivity index (χ2n) is 8.36. The van der Waals surface area contributed by atoms with Gasteiger partial charge < -0.3 is 9.80 Å². The van der Waals surface area contributed by atoms with E-state index in [1.54, 1.807) is 17.0 Å². The zero-order chi connectivity index (χ0) is 19.8. The van der Waals surface area contributed by atoms with Crippen molar-refractivity contribution in [1.82, 2.24) is 14.6 Å². The van der Waals surface area contributed by atoms with E-state index >= 15 is 0 Å². The number of piperazine rings is 1. The van der Waals surface area contributed by atoms with E-state index in [1.165, 1.54) is 68.1 Å². The monoisotopic (exact) mass is 394 g/mol. The summed E-state index contributed by atoms with van der Waals surface area (Å²) < 4.78 is 15.4. The largest absolute Gasteiger partial charge is 0.345 e. The van der Waals surface area contributed by atoms with Gasteiger partial charge >= 0.3 is 0 Å². The minimum Gasteiger partial charge on any atom is -0.345 e. The third-order valence-corrected chi connectivity index (χ3v) is 6.36. The molecule has 29 heavy (non-hydrogen) atoms. The fraction of sp³-hybridized carbons (Fsp3) is 0.478. The first-order valence-electron chi connectivity index (χ1n) is 11.0. The van der Waals surface area contributed by atoms with E-state index in [2.05, 4.69) is 11.8 Å². The lowest BCUT2D eigenvalue weighted by Gasteiger charge is -2.35. The van der Waals surface area contributed by atoms with Crippen molar-refractivity contribution < 1.29 is 9.29 Å². The second-order valence-corrected chi connectivity index (χ2v) is 8.36. The zero-order valence-electron chi connectivity index (χ0n) is 17.1. The third-order valence-electron chi connectivity index (χ3n) is 6.36. The number of fused-ring (bicyclic) bond motifs is 2. The number of aromatic nitrogens is 3. The lowest BCUT2D eigenvalue weighted by molar-refractivity contribution is -0.900. The first-order chi connectivity index (χ1) is 14.2. The van der Waals surface area contributed by atoms with E-state index in [0.717, 1.165) is 42.8 Å². The zero-order valence-corrected chi connectivity index (χ0v) is 17.1. The molecule has 1 fully saturated rings. The summed E-state index contributed by atoms with van der Waals surface area (Å²) in [5.41, 5.74) is 5.32. The fourth-order valence-corrected chi connectivity index (χ4v) is 4.85. The summed E-state index contributed by atoms with van der Waals surface area (Å²) in [6.07, 6.45) is 5.81. The lowest BCUT2D eigenvalue weighted by atomic mass is 9.96. The van der Waals surface area contributed by atoms with Crippen molar-refractivity contribution in [2.24, 2.45) is 0 Å². The van der Waals surface area contributed by atoms with Crippen molar-refractivity contribution in [3.8, 4) is 11.3 Å². The van der Waals surface area contributed by atoms with Crippen molar-refractivity contribution in [2.75, 3.05) is 37.6 Å². The second kappa shape index (κ2) is 7.75. The van der Waals surface area contributed by atoms with Crippen molar-refractivity contribution in [2.45, 2.75) is 39.0 Å². The van der Waals surface area contributed by atoms with E-state index in [4.69, 9.17) is 10.1 Å². The number of benzene rings is 1. The molecule has 1 saturated heterocycles. The van der Waals surface area contributed by atoms with Crippen LogP contribution in [0.4, 0.5) is 10.2 Å². The van der Waals surface area contributed by atoms with Crippen LogP contribution in [0.2, 0.25) is 0 Å². The molecule has 6 heteroatoms. The number of quaternary nitrogens is 1. The van der Waals surface area contributed by atoms with Crippen LogP contribution in [0.25, 0.3) is 16.9 Å². The molecular formula is C23H29FN5+. The molecule has 2 aliphatic rings. The first-order valence-corrected chi connectivity index (χ1v) is 11.0. The molecule has 0 radical (unpaired) electrons. The highest BCUT2D eigenvalue weighted by molar-refractivity contribution is 5.67. The van der Waals surface area contributed by atoms with E-state index < -0.39 is 0 Å². The Labute approximate surface area is 171 Å². The van der Waals surface area contributed by atoms with Gasteiger partial charge in [-0.3, -0.25) is 0 Å². The van der Waals surface area contributed by atoms with Gasteiger partial charge in [0.15, 0.2) is 5.65 Å². The number of halogens is 1. The van der Waals surface area contributed by atoms with Crippen LogP contribution in [-0.2, 0) is 12.8 Å². The Morgan fingerprint density at radius 3 is 2.59 bits per heavy atom. The minimum absolute atomic E-state index is 0.223. The van der Waals surface area contributed by atoms with Gasteiger partial charge in [-0.1, -0.05) is 6.92 Å². The molecule has 0 amide bonds.